The van der Waals surface area contributed by atoms with E-state index in [1.165, 1.54) is 0 Å². The number of ether oxygens (including phenoxy) is 1. The third kappa shape index (κ3) is 3.10. The molecule has 0 aromatic carbocycles. The zero-order valence-electron chi connectivity index (χ0n) is 12.9. The van der Waals surface area contributed by atoms with Crippen LogP contribution < -0.4 is 10.6 Å². The summed E-state index contributed by atoms with van der Waals surface area (Å²) in [5.41, 5.74) is 9.56. The van der Waals surface area contributed by atoms with Gasteiger partial charge in [-0.2, -0.15) is 0 Å². The van der Waals surface area contributed by atoms with Gasteiger partial charge >= 0.3 is 0 Å². The van der Waals surface area contributed by atoms with E-state index in [9.17, 15) is 0 Å². The maximum Gasteiger partial charge on any atom is 0.107 e. The van der Waals surface area contributed by atoms with Crippen molar-refractivity contribution in [1.82, 2.24) is 4.98 Å². The van der Waals surface area contributed by atoms with E-state index < -0.39 is 0 Å². The molecule has 0 radical (unpaired) electrons. The van der Waals surface area contributed by atoms with Gasteiger partial charge in [-0.25, -0.2) is 0 Å². The second-order valence-electron chi connectivity index (χ2n) is 6.18. The van der Waals surface area contributed by atoms with E-state index in [-0.39, 0.29) is 11.7 Å². The molecule has 110 valence electrons. The molecule has 1 unspecified atom stereocenters. The molecule has 1 aromatic rings. The van der Waals surface area contributed by atoms with Crippen LogP contribution in [0.15, 0.2) is 6.07 Å². The molecule has 0 amide bonds. The summed E-state index contributed by atoms with van der Waals surface area (Å²) in [7, 11) is 0. The van der Waals surface area contributed by atoms with Gasteiger partial charge in [-0.1, -0.05) is 12.2 Å². The maximum absolute atomic E-state index is 5.96. The minimum Gasteiger partial charge on any atom is -0.389 e. The highest BCUT2D eigenvalue weighted by Crippen LogP contribution is 2.30. The number of anilines is 1. The van der Waals surface area contributed by atoms with E-state index in [0.29, 0.717) is 4.99 Å². The van der Waals surface area contributed by atoms with Gasteiger partial charge in [0.25, 0.3) is 0 Å². The Balaban J connectivity index is 2.48. The number of aromatic nitrogens is 1. The van der Waals surface area contributed by atoms with E-state index in [1.54, 1.807) is 0 Å². The number of nitrogens with zero attached hydrogens (tertiary/aromatic N) is 2. The Kier molecular flexibility index (Phi) is 4.02. The number of hydrogen-bond donors (Lipinski definition) is 1. The summed E-state index contributed by atoms with van der Waals surface area (Å²) >= 11 is 5.22. The number of pyridine rings is 1. The van der Waals surface area contributed by atoms with Crippen molar-refractivity contribution in [1.29, 1.82) is 0 Å². The molecule has 2 N–H and O–H groups in total. The zero-order valence-corrected chi connectivity index (χ0v) is 13.7. The quantitative estimate of drug-likeness (QED) is 0.848. The molecule has 20 heavy (non-hydrogen) atoms. The number of morpholine rings is 1. The van der Waals surface area contributed by atoms with E-state index in [1.807, 2.05) is 13.8 Å². The van der Waals surface area contributed by atoms with Crippen molar-refractivity contribution in [2.75, 3.05) is 18.0 Å². The molecular formula is C15H23N3OS. The molecule has 1 atom stereocenters. The first-order valence-corrected chi connectivity index (χ1v) is 7.31. The number of thiocarbonyl (C=S) groups is 1. The summed E-state index contributed by atoms with van der Waals surface area (Å²) < 4.78 is 5.96. The van der Waals surface area contributed by atoms with Crippen molar-refractivity contribution < 1.29 is 4.74 Å². The Morgan fingerprint density at radius 3 is 2.70 bits per heavy atom. The summed E-state index contributed by atoms with van der Waals surface area (Å²) in [5, 5.41) is 0. The second-order valence-corrected chi connectivity index (χ2v) is 6.62. The fraction of sp³-hybridized carbons (Fsp3) is 0.600. The van der Waals surface area contributed by atoms with Gasteiger partial charge in [-0.05, 0) is 40.7 Å². The molecule has 4 nitrogen and oxygen atoms in total. The van der Waals surface area contributed by atoms with Crippen molar-refractivity contribution >= 4 is 22.9 Å². The van der Waals surface area contributed by atoms with Crippen molar-refractivity contribution in [3.05, 3.63) is 23.0 Å². The summed E-state index contributed by atoms with van der Waals surface area (Å²) in [4.78, 5) is 7.19. The van der Waals surface area contributed by atoms with Gasteiger partial charge in [0.15, 0.2) is 0 Å². The highest BCUT2D eigenvalue weighted by atomic mass is 32.1. The monoisotopic (exact) mass is 293 g/mol. The van der Waals surface area contributed by atoms with Crippen LogP contribution in [0.1, 0.15) is 37.7 Å². The number of aryl methyl sites for hydroxylation is 2. The van der Waals surface area contributed by atoms with Crippen molar-refractivity contribution in [2.45, 2.75) is 46.3 Å². The normalized spacial score (nSPS) is 21.9. The predicted molar refractivity (Wildman–Crippen MR) is 86.4 cm³/mol. The first kappa shape index (κ1) is 15.2. The van der Waals surface area contributed by atoms with Gasteiger partial charge in [0.1, 0.15) is 4.99 Å². The van der Waals surface area contributed by atoms with Crippen LogP contribution in [0.25, 0.3) is 0 Å². The lowest BCUT2D eigenvalue weighted by Gasteiger charge is -2.43. The fourth-order valence-electron chi connectivity index (χ4n) is 3.00. The molecule has 2 rings (SSSR count). The van der Waals surface area contributed by atoms with Crippen LogP contribution in [0.4, 0.5) is 5.69 Å². The molecule has 0 bridgehead atoms. The van der Waals surface area contributed by atoms with E-state index >= 15 is 0 Å². The molecule has 0 saturated carbocycles. The maximum atomic E-state index is 5.96. The van der Waals surface area contributed by atoms with E-state index in [4.69, 9.17) is 22.7 Å². The third-order valence-electron chi connectivity index (χ3n) is 3.46. The lowest BCUT2D eigenvalue weighted by Crippen LogP contribution is -2.52. The SMILES string of the molecule is Cc1cc(N2CC(C)OC(C)(C)C2)c(C(N)=S)c(C)n1. The minimum absolute atomic E-state index is 0.173. The smallest absolute Gasteiger partial charge is 0.107 e. The Labute approximate surface area is 126 Å². The summed E-state index contributed by atoms with van der Waals surface area (Å²) in [6.45, 7) is 11.9. The molecule has 1 aromatic heterocycles. The molecule has 1 aliphatic heterocycles. The molecule has 1 saturated heterocycles. The third-order valence-corrected chi connectivity index (χ3v) is 3.67. The van der Waals surface area contributed by atoms with Gasteiger partial charge in [0.2, 0.25) is 0 Å². The van der Waals surface area contributed by atoms with Gasteiger partial charge in [-0.3, -0.25) is 4.98 Å². The standard InChI is InChI=1S/C15H23N3OS/c1-9-6-12(13(14(16)20)11(3)17-9)18-7-10(2)19-15(4,5)8-18/h6,10H,7-8H2,1-5H3,(H2,16,20). The molecular weight excluding hydrogens is 270 g/mol. The van der Waals surface area contributed by atoms with Gasteiger partial charge in [0, 0.05) is 24.5 Å². The van der Waals surface area contributed by atoms with Crippen LogP contribution in [0.5, 0.6) is 0 Å². The average molecular weight is 293 g/mol. The van der Waals surface area contributed by atoms with Crippen molar-refractivity contribution in [2.24, 2.45) is 5.73 Å². The van der Waals surface area contributed by atoms with Crippen LogP contribution in [0.2, 0.25) is 0 Å². The Bertz CT molecular complexity index is 542. The van der Waals surface area contributed by atoms with Crippen LogP contribution in [-0.4, -0.2) is 34.8 Å². The van der Waals surface area contributed by atoms with Crippen molar-refractivity contribution in [3.8, 4) is 0 Å². The fourth-order valence-corrected chi connectivity index (χ4v) is 3.25. The molecule has 0 aliphatic carbocycles. The molecule has 0 spiro atoms. The van der Waals surface area contributed by atoms with Crippen LogP contribution in [0.3, 0.4) is 0 Å². The van der Waals surface area contributed by atoms with Crippen LogP contribution in [0, 0.1) is 13.8 Å². The zero-order chi connectivity index (χ0) is 15.1. The van der Waals surface area contributed by atoms with Gasteiger partial charge in [0.05, 0.1) is 23.0 Å². The predicted octanol–water partition coefficient (Wildman–Crippen LogP) is 2.34. The lowest BCUT2D eigenvalue weighted by molar-refractivity contribution is -0.0749. The first-order valence-electron chi connectivity index (χ1n) is 6.90. The van der Waals surface area contributed by atoms with Crippen LogP contribution >= 0.6 is 12.2 Å². The Morgan fingerprint density at radius 1 is 1.50 bits per heavy atom. The van der Waals surface area contributed by atoms with E-state index in [2.05, 4.69) is 36.7 Å². The largest absolute Gasteiger partial charge is 0.389 e. The Morgan fingerprint density at radius 2 is 2.15 bits per heavy atom. The number of rotatable bonds is 2. The summed E-state index contributed by atoms with van der Waals surface area (Å²) in [6, 6.07) is 2.07. The molecule has 2 heterocycles. The van der Waals surface area contributed by atoms with Gasteiger partial charge < -0.3 is 15.4 Å². The molecule has 5 heteroatoms. The van der Waals surface area contributed by atoms with Crippen LogP contribution in [-0.2, 0) is 4.74 Å². The highest BCUT2D eigenvalue weighted by molar-refractivity contribution is 7.80. The minimum atomic E-state index is -0.184. The molecule has 1 fully saturated rings. The second kappa shape index (κ2) is 5.30. The van der Waals surface area contributed by atoms with Gasteiger partial charge in [-0.15, -0.1) is 0 Å². The molecule has 1 aliphatic rings. The summed E-state index contributed by atoms with van der Waals surface area (Å²) in [6.07, 6.45) is 0.173. The average Bonchev–Trinajstić information content (AvgIpc) is 2.24. The topological polar surface area (TPSA) is 51.4 Å². The highest BCUT2D eigenvalue weighted by Gasteiger charge is 2.33. The lowest BCUT2D eigenvalue weighted by atomic mass is 10.0. The Hall–Kier alpha value is -1.20. The summed E-state index contributed by atoms with van der Waals surface area (Å²) in [5.74, 6) is 0. The number of hydrogen-bond acceptors (Lipinski definition) is 4. The van der Waals surface area contributed by atoms with E-state index in [0.717, 1.165) is 35.7 Å². The number of nitrogens with two attached hydrogens (primary N) is 1. The first-order chi connectivity index (χ1) is 9.19. The van der Waals surface area contributed by atoms with Crippen molar-refractivity contribution in [3.63, 3.8) is 0 Å².